The second-order valence-electron chi connectivity index (χ2n) is 5.15. The smallest absolute Gasteiger partial charge is 0.240 e. The van der Waals surface area contributed by atoms with E-state index in [4.69, 9.17) is 9.63 Å². The number of hydrogen-bond acceptors (Lipinski definition) is 5. The Kier molecular flexibility index (Phi) is 4.87. The third kappa shape index (κ3) is 3.65. The van der Waals surface area contributed by atoms with Crippen LogP contribution in [0.1, 0.15) is 29.8 Å². The highest BCUT2D eigenvalue weighted by atomic mass is 16.5. The molecule has 1 aromatic heterocycles. The number of hydrogen-bond donors (Lipinski definition) is 1. The molecule has 2 rings (SSSR count). The van der Waals surface area contributed by atoms with Crippen LogP contribution in [0.2, 0.25) is 0 Å². The molecular formula is C15H21N3O2. The van der Waals surface area contributed by atoms with E-state index < -0.39 is 0 Å². The first kappa shape index (κ1) is 14.7. The number of aryl methyl sites for hydroxylation is 1. The van der Waals surface area contributed by atoms with Crippen molar-refractivity contribution in [3.63, 3.8) is 0 Å². The van der Waals surface area contributed by atoms with Crippen LogP contribution >= 0.6 is 0 Å². The van der Waals surface area contributed by atoms with Gasteiger partial charge in [-0.25, -0.2) is 0 Å². The summed E-state index contributed by atoms with van der Waals surface area (Å²) in [6, 6.07) is 8.26. The molecule has 0 saturated carbocycles. The lowest BCUT2D eigenvalue weighted by molar-refractivity contribution is 0.142. The molecular weight excluding hydrogens is 254 g/mol. The van der Waals surface area contributed by atoms with Crippen molar-refractivity contribution < 1.29 is 9.63 Å². The van der Waals surface area contributed by atoms with Crippen molar-refractivity contribution in [2.75, 3.05) is 13.7 Å². The molecule has 0 amide bonds. The normalized spacial score (nSPS) is 12.8. The van der Waals surface area contributed by atoms with Crippen molar-refractivity contribution in [1.29, 1.82) is 0 Å². The molecule has 0 aliphatic heterocycles. The van der Waals surface area contributed by atoms with Gasteiger partial charge in [0.05, 0.1) is 13.2 Å². The third-order valence-electron chi connectivity index (χ3n) is 3.52. The van der Waals surface area contributed by atoms with Crippen LogP contribution in [-0.4, -0.2) is 39.8 Å². The molecule has 2 aromatic rings. The summed E-state index contributed by atoms with van der Waals surface area (Å²) in [6.07, 6.45) is 0.676. The molecule has 0 bridgehead atoms. The molecule has 5 heteroatoms. The lowest BCUT2D eigenvalue weighted by Crippen LogP contribution is -2.31. The maximum Gasteiger partial charge on any atom is 0.240 e. The summed E-state index contributed by atoms with van der Waals surface area (Å²) in [7, 11) is 1.92. The number of rotatable bonds is 6. The summed E-state index contributed by atoms with van der Waals surface area (Å²) < 4.78 is 5.26. The highest BCUT2D eigenvalue weighted by molar-refractivity contribution is 5.27. The second-order valence-corrected chi connectivity index (χ2v) is 5.15. The van der Waals surface area contributed by atoms with E-state index >= 15 is 0 Å². The van der Waals surface area contributed by atoms with E-state index in [1.807, 2.05) is 31.0 Å². The van der Waals surface area contributed by atoms with Gasteiger partial charge in [0.15, 0.2) is 5.82 Å². The minimum absolute atomic E-state index is 0.0710. The third-order valence-corrected chi connectivity index (χ3v) is 3.52. The van der Waals surface area contributed by atoms with Gasteiger partial charge in [0, 0.05) is 12.5 Å². The van der Waals surface area contributed by atoms with Gasteiger partial charge in [-0.05, 0) is 32.0 Å². The number of nitrogens with zero attached hydrogens (tertiary/aromatic N) is 3. The fourth-order valence-electron chi connectivity index (χ4n) is 1.91. The number of benzene rings is 1. The maximum absolute atomic E-state index is 9.11. The van der Waals surface area contributed by atoms with Gasteiger partial charge in [-0.3, -0.25) is 4.90 Å². The maximum atomic E-state index is 9.11. The zero-order chi connectivity index (χ0) is 14.5. The van der Waals surface area contributed by atoms with Crippen LogP contribution in [0.5, 0.6) is 0 Å². The van der Waals surface area contributed by atoms with Crippen molar-refractivity contribution in [2.24, 2.45) is 0 Å². The summed E-state index contributed by atoms with van der Waals surface area (Å²) in [5.74, 6) is 1.27. The largest absolute Gasteiger partial charge is 0.395 e. The van der Waals surface area contributed by atoms with Crippen LogP contribution in [0.25, 0.3) is 0 Å². The van der Waals surface area contributed by atoms with Crippen LogP contribution in [0.3, 0.4) is 0 Å². The van der Waals surface area contributed by atoms with E-state index in [1.54, 1.807) is 0 Å². The Morgan fingerprint density at radius 3 is 2.80 bits per heavy atom. The van der Waals surface area contributed by atoms with Gasteiger partial charge in [0.25, 0.3) is 0 Å². The van der Waals surface area contributed by atoms with Crippen molar-refractivity contribution >= 4 is 0 Å². The Morgan fingerprint density at radius 2 is 2.10 bits per heavy atom. The van der Waals surface area contributed by atoms with Crippen molar-refractivity contribution in [3.8, 4) is 0 Å². The van der Waals surface area contributed by atoms with Gasteiger partial charge >= 0.3 is 0 Å². The Morgan fingerprint density at radius 1 is 1.35 bits per heavy atom. The predicted molar refractivity (Wildman–Crippen MR) is 76.3 cm³/mol. The van der Waals surface area contributed by atoms with Crippen molar-refractivity contribution in [2.45, 2.75) is 32.9 Å². The highest BCUT2D eigenvalue weighted by Gasteiger charge is 2.13. The van der Waals surface area contributed by atoms with Crippen molar-refractivity contribution in [1.82, 2.24) is 15.0 Å². The van der Waals surface area contributed by atoms with Crippen LogP contribution < -0.4 is 0 Å². The van der Waals surface area contributed by atoms with E-state index in [-0.39, 0.29) is 12.6 Å². The standard InChI is InChI=1S/C15H21N3O2/c1-11-6-4-5-7-13(11)8-14-16-15(20-17-14)9-18(3)12(2)10-19/h4-7,12,19H,8-10H2,1-3H3. The molecule has 0 aliphatic carbocycles. The Bertz CT molecular complexity index is 554. The lowest BCUT2D eigenvalue weighted by Gasteiger charge is -2.20. The predicted octanol–water partition coefficient (Wildman–Crippen LogP) is 1.78. The Balaban J connectivity index is 2.01. The number of likely N-dealkylation sites (N-methyl/N-ethyl adjacent to an activating group) is 1. The quantitative estimate of drug-likeness (QED) is 0.870. The van der Waals surface area contributed by atoms with E-state index in [9.17, 15) is 0 Å². The molecule has 0 radical (unpaired) electrons. The summed E-state index contributed by atoms with van der Waals surface area (Å²) in [5, 5.41) is 13.1. The molecule has 0 fully saturated rings. The zero-order valence-corrected chi connectivity index (χ0v) is 12.2. The molecule has 5 nitrogen and oxygen atoms in total. The number of aliphatic hydroxyl groups excluding tert-OH is 1. The van der Waals surface area contributed by atoms with E-state index in [2.05, 4.69) is 29.2 Å². The van der Waals surface area contributed by atoms with E-state index in [0.29, 0.717) is 24.7 Å². The first-order chi connectivity index (χ1) is 9.60. The minimum Gasteiger partial charge on any atom is -0.395 e. The first-order valence-electron chi connectivity index (χ1n) is 6.77. The fourth-order valence-corrected chi connectivity index (χ4v) is 1.91. The molecule has 1 unspecified atom stereocenters. The van der Waals surface area contributed by atoms with Crippen LogP contribution in [0.4, 0.5) is 0 Å². The number of aromatic nitrogens is 2. The van der Waals surface area contributed by atoms with Gasteiger partial charge in [-0.2, -0.15) is 4.98 Å². The minimum atomic E-state index is 0.0710. The summed E-state index contributed by atoms with van der Waals surface area (Å²) >= 11 is 0. The zero-order valence-electron chi connectivity index (χ0n) is 12.2. The molecule has 1 N–H and O–H groups in total. The van der Waals surface area contributed by atoms with E-state index in [1.165, 1.54) is 11.1 Å². The molecule has 1 atom stereocenters. The molecule has 0 spiro atoms. The molecule has 0 saturated heterocycles. The Labute approximate surface area is 119 Å². The first-order valence-corrected chi connectivity index (χ1v) is 6.77. The lowest BCUT2D eigenvalue weighted by atomic mass is 10.1. The van der Waals surface area contributed by atoms with Gasteiger partial charge in [-0.1, -0.05) is 29.4 Å². The molecule has 0 aliphatic rings. The fraction of sp³-hybridized carbons (Fsp3) is 0.467. The van der Waals surface area contributed by atoms with Gasteiger partial charge in [0.1, 0.15) is 0 Å². The SMILES string of the molecule is Cc1ccccc1Cc1noc(CN(C)C(C)CO)n1. The molecule has 20 heavy (non-hydrogen) atoms. The highest BCUT2D eigenvalue weighted by Crippen LogP contribution is 2.12. The summed E-state index contributed by atoms with van der Waals surface area (Å²) in [5.41, 5.74) is 2.43. The second kappa shape index (κ2) is 6.63. The number of aliphatic hydroxyl groups is 1. The van der Waals surface area contributed by atoms with Gasteiger partial charge < -0.3 is 9.63 Å². The molecule has 108 valence electrons. The molecule has 1 heterocycles. The summed E-state index contributed by atoms with van der Waals surface area (Å²) in [6.45, 7) is 4.68. The van der Waals surface area contributed by atoms with Crippen LogP contribution in [0, 0.1) is 6.92 Å². The monoisotopic (exact) mass is 275 g/mol. The topological polar surface area (TPSA) is 62.4 Å². The van der Waals surface area contributed by atoms with Crippen LogP contribution in [-0.2, 0) is 13.0 Å². The van der Waals surface area contributed by atoms with Gasteiger partial charge in [0.2, 0.25) is 5.89 Å². The molecule has 1 aromatic carbocycles. The average Bonchev–Trinajstić information content (AvgIpc) is 2.87. The summed E-state index contributed by atoms with van der Waals surface area (Å²) in [4.78, 5) is 6.38. The van der Waals surface area contributed by atoms with Gasteiger partial charge in [-0.15, -0.1) is 0 Å². The van der Waals surface area contributed by atoms with E-state index in [0.717, 1.165) is 0 Å². The Hall–Kier alpha value is -1.72. The average molecular weight is 275 g/mol. The van der Waals surface area contributed by atoms with Crippen LogP contribution in [0.15, 0.2) is 28.8 Å². The van der Waals surface area contributed by atoms with Crippen molar-refractivity contribution in [3.05, 3.63) is 47.1 Å².